The van der Waals surface area contributed by atoms with Crippen molar-refractivity contribution in [2.45, 2.75) is 20.8 Å². The molecule has 0 aliphatic rings. The van der Waals surface area contributed by atoms with Gasteiger partial charge in [-0.25, -0.2) is 9.97 Å². The van der Waals surface area contributed by atoms with Crippen molar-refractivity contribution >= 4 is 33.6 Å². The van der Waals surface area contributed by atoms with Crippen LogP contribution in [0.15, 0.2) is 34.9 Å². The summed E-state index contributed by atoms with van der Waals surface area (Å²) in [6.07, 6.45) is 3.88. The Kier molecular flexibility index (Phi) is 6.18. The molecule has 0 radical (unpaired) electrons. The summed E-state index contributed by atoms with van der Waals surface area (Å²) in [5.41, 5.74) is 14.1. The molecule has 0 amide bonds. The van der Waals surface area contributed by atoms with Gasteiger partial charge in [-0.15, -0.1) is 0 Å². The maximum Gasteiger partial charge on any atom is 0.124 e. The minimum Gasteiger partial charge on any atom is -0.384 e. The Balaban J connectivity index is 0.000000204. The molecule has 4 N–H and O–H groups in total. The minimum absolute atomic E-state index is 0.557. The highest BCUT2D eigenvalue weighted by Crippen LogP contribution is 2.11. The molecule has 5 heteroatoms. The van der Waals surface area contributed by atoms with E-state index >= 15 is 0 Å². The van der Waals surface area contributed by atoms with Crippen LogP contribution in [0.2, 0.25) is 0 Å². The number of allylic oxidation sites excluding steroid dienone is 1. The Bertz CT molecular complexity index is 538. The molecule has 0 aromatic carbocycles. The largest absolute Gasteiger partial charge is 0.384 e. The van der Waals surface area contributed by atoms with E-state index in [-0.39, 0.29) is 0 Å². The fraction of sp³-hybridized carbons (Fsp3) is 0.200. The Hall–Kier alpha value is -1.88. The van der Waals surface area contributed by atoms with E-state index in [0.717, 1.165) is 21.4 Å². The third-order valence-electron chi connectivity index (χ3n) is 2.30. The van der Waals surface area contributed by atoms with E-state index in [1.165, 1.54) is 0 Å². The average molecular weight is 335 g/mol. The highest BCUT2D eigenvalue weighted by Gasteiger charge is 1.92. The summed E-state index contributed by atoms with van der Waals surface area (Å²) in [6, 6.07) is 7.59. The first kappa shape index (κ1) is 16.2. The van der Waals surface area contributed by atoms with Gasteiger partial charge in [0.25, 0.3) is 0 Å². The Morgan fingerprint density at radius 1 is 0.950 bits per heavy atom. The van der Waals surface area contributed by atoms with Crippen LogP contribution in [0.25, 0.3) is 6.08 Å². The fourth-order valence-corrected chi connectivity index (χ4v) is 2.19. The first-order valence-corrected chi connectivity index (χ1v) is 6.96. The van der Waals surface area contributed by atoms with Crippen LogP contribution in [-0.4, -0.2) is 9.97 Å². The summed E-state index contributed by atoms with van der Waals surface area (Å²) in [4.78, 5) is 8.04. The fourth-order valence-electron chi connectivity index (χ4n) is 1.63. The van der Waals surface area contributed by atoms with Gasteiger partial charge in [0.1, 0.15) is 16.2 Å². The second kappa shape index (κ2) is 7.65. The maximum absolute atomic E-state index is 5.54. The van der Waals surface area contributed by atoms with Crippen LogP contribution < -0.4 is 11.5 Å². The number of aryl methyl sites for hydroxylation is 2. The van der Waals surface area contributed by atoms with Crippen molar-refractivity contribution in [3.8, 4) is 0 Å². The molecule has 0 atom stereocenters. The third-order valence-corrected chi connectivity index (χ3v) is 2.71. The predicted molar refractivity (Wildman–Crippen MR) is 89.2 cm³/mol. The molecule has 2 heterocycles. The molecular formula is C15H19BrN4. The maximum atomic E-state index is 5.54. The number of halogens is 1. The molecule has 0 saturated carbocycles. The predicted octanol–water partition coefficient (Wildman–Crippen LogP) is 3.74. The number of nitrogen functional groups attached to an aromatic ring is 2. The Labute approximate surface area is 128 Å². The van der Waals surface area contributed by atoms with Gasteiger partial charge in [0.05, 0.1) is 5.69 Å². The summed E-state index contributed by atoms with van der Waals surface area (Å²) in [5.74, 6) is 1.14. The van der Waals surface area contributed by atoms with E-state index in [1.807, 2.05) is 57.2 Å². The Morgan fingerprint density at radius 3 is 1.95 bits per heavy atom. The molecule has 2 aromatic rings. The van der Waals surface area contributed by atoms with Crippen molar-refractivity contribution in [1.29, 1.82) is 0 Å². The van der Waals surface area contributed by atoms with Gasteiger partial charge in [-0.05, 0) is 78.2 Å². The normalized spacial score (nSPS) is 10.2. The lowest BCUT2D eigenvalue weighted by Crippen LogP contribution is -1.92. The zero-order chi connectivity index (χ0) is 15.1. The van der Waals surface area contributed by atoms with Gasteiger partial charge >= 0.3 is 0 Å². The number of anilines is 2. The summed E-state index contributed by atoms with van der Waals surface area (Å²) in [5, 5.41) is 0. The zero-order valence-corrected chi connectivity index (χ0v) is 13.5. The molecule has 0 aliphatic heterocycles. The number of pyridine rings is 2. The molecule has 106 valence electrons. The molecule has 0 bridgehead atoms. The lowest BCUT2D eigenvalue weighted by atomic mass is 10.2. The van der Waals surface area contributed by atoms with E-state index in [4.69, 9.17) is 11.5 Å². The van der Waals surface area contributed by atoms with Crippen LogP contribution >= 0.6 is 15.9 Å². The SMILES string of the molecule is C/C=C/c1cc(C)cc(N)n1.Cc1cc(N)nc(Br)c1. The number of nitrogens with two attached hydrogens (primary N) is 2. The van der Waals surface area contributed by atoms with Crippen LogP contribution in [0.1, 0.15) is 23.7 Å². The van der Waals surface area contributed by atoms with Gasteiger partial charge in [0.2, 0.25) is 0 Å². The van der Waals surface area contributed by atoms with Crippen LogP contribution in [0, 0.1) is 13.8 Å². The topological polar surface area (TPSA) is 77.8 Å². The molecule has 0 aliphatic carbocycles. The molecule has 0 saturated heterocycles. The van der Waals surface area contributed by atoms with E-state index in [1.54, 1.807) is 0 Å². The molecule has 0 fully saturated rings. The van der Waals surface area contributed by atoms with Crippen molar-refractivity contribution in [2.24, 2.45) is 0 Å². The number of hydrogen-bond acceptors (Lipinski definition) is 4. The van der Waals surface area contributed by atoms with Crippen molar-refractivity contribution in [1.82, 2.24) is 9.97 Å². The zero-order valence-electron chi connectivity index (χ0n) is 11.9. The van der Waals surface area contributed by atoms with Gasteiger partial charge in [0.15, 0.2) is 0 Å². The summed E-state index contributed by atoms with van der Waals surface area (Å²) < 4.78 is 0.792. The monoisotopic (exact) mass is 334 g/mol. The lowest BCUT2D eigenvalue weighted by molar-refractivity contribution is 1.25. The lowest BCUT2D eigenvalue weighted by Gasteiger charge is -1.97. The van der Waals surface area contributed by atoms with Crippen molar-refractivity contribution < 1.29 is 0 Å². The molecule has 2 aromatic heterocycles. The Morgan fingerprint density at radius 2 is 1.50 bits per heavy atom. The van der Waals surface area contributed by atoms with Gasteiger partial charge < -0.3 is 11.5 Å². The van der Waals surface area contributed by atoms with Crippen LogP contribution in [-0.2, 0) is 0 Å². The standard InChI is InChI=1S/C9H12N2.C6H7BrN2/c1-3-4-8-5-7(2)6-9(10)11-8;1-4-2-5(7)9-6(8)3-4/h3-6H,1-2H3,(H2,10,11);2-3H,1H3,(H2,8,9)/b4-3+;. The second-order valence-corrected chi connectivity index (χ2v) is 5.20. The van der Waals surface area contributed by atoms with Gasteiger partial charge in [-0.3, -0.25) is 0 Å². The van der Waals surface area contributed by atoms with E-state index in [9.17, 15) is 0 Å². The molecule has 4 nitrogen and oxygen atoms in total. The molecule has 20 heavy (non-hydrogen) atoms. The molecular weight excluding hydrogens is 316 g/mol. The van der Waals surface area contributed by atoms with Gasteiger partial charge in [0, 0.05) is 0 Å². The van der Waals surface area contributed by atoms with Crippen LogP contribution in [0.4, 0.5) is 11.6 Å². The molecule has 0 unspecified atom stereocenters. The van der Waals surface area contributed by atoms with E-state index in [0.29, 0.717) is 11.6 Å². The highest BCUT2D eigenvalue weighted by atomic mass is 79.9. The number of rotatable bonds is 1. The van der Waals surface area contributed by atoms with E-state index < -0.39 is 0 Å². The quantitative estimate of drug-likeness (QED) is 0.778. The first-order chi connectivity index (χ1) is 9.40. The van der Waals surface area contributed by atoms with E-state index in [2.05, 4.69) is 25.9 Å². The van der Waals surface area contributed by atoms with Crippen molar-refractivity contribution in [3.63, 3.8) is 0 Å². The molecule has 2 rings (SSSR count). The summed E-state index contributed by atoms with van der Waals surface area (Å²) in [7, 11) is 0. The summed E-state index contributed by atoms with van der Waals surface area (Å²) >= 11 is 3.22. The van der Waals surface area contributed by atoms with Crippen molar-refractivity contribution in [3.05, 3.63) is 51.8 Å². The highest BCUT2D eigenvalue weighted by molar-refractivity contribution is 9.10. The smallest absolute Gasteiger partial charge is 0.124 e. The number of aromatic nitrogens is 2. The first-order valence-electron chi connectivity index (χ1n) is 6.17. The average Bonchev–Trinajstić information content (AvgIpc) is 2.26. The van der Waals surface area contributed by atoms with Gasteiger partial charge in [-0.1, -0.05) is 6.08 Å². The van der Waals surface area contributed by atoms with Crippen LogP contribution in [0.5, 0.6) is 0 Å². The van der Waals surface area contributed by atoms with Crippen molar-refractivity contribution in [2.75, 3.05) is 11.5 Å². The summed E-state index contributed by atoms with van der Waals surface area (Å²) in [6.45, 7) is 5.94. The number of hydrogen-bond donors (Lipinski definition) is 2. The minimum atomic E-state index is 0.557. The number of nitrogens with zero attached hydrogens (tertiary/aromatic N) is 2. The molecule has 0 spiro atoms. The van der Waals surface area contributed by atoms with Crippen LogP contribution in [0.3, 0.4) is 0 Å². The van der Waals surface area contributed by atoms with Gasteiger partial charge in [-0.2, -0.15) is 0 Å². The second-order valence-electron chi connectivity index (χ2n) is 4.39. The third kappa shape index (κ3) is 5.84.